The van der Waals surface area contributed by atoms with E-state index in [9.17, 15) is 9.90 Å². The Morgan fingerprint density at radius 2 is 1.16 bits per heavy atom. The number of benzene rings is 3. The fourth-order valence-corrected chi connectivity index (χ4v) is 4.36. The summed E-state index contributed by atoms with van der Waals surface area (Å²) >= 11 is 0. The summed E-state index contributed by atoms with van der Waals surface area (Å²) in [6.45, 7) is 0.295. The van der Waals surface area contributed by atoms with Crippen LogP contribution in [0.5, 0.6) is 0 Å². The minimum Gasteiger partial charge on any atom is -0.480 e. The first kappa shape index (κ1) is 22.1. The molecule has 0 bridgehead atoms. The van der Waals surface area contributed by atoms with E-state index in [0.29, 0.717) is 13.0 Å². The topological polar surface area (TPSA) is 128 Å². The second-order valence-electron chi connectivity index (χ2n) is 7.53. The van der Waals surface area contributed by atoms with Gasteiger partial charge in [0.15, 0.2) is 5.96 Å². The number of nitrogens with zero attached hydrogens (tertiary/aromatic N) is 1. The van der Waals surface area contributed by atoms with Gasteiger partial charge in [-0.05, 0) is 29.5 Å². The normalized spacial score (nSPS) is 13.2. The molecule has 0 aromatic heterocycles. The Morgan fingerprint density at radius 3 is 1.48 bits per heavy atom. The van der Waals surface area contributed by atoms with Gasteiger partial charge in [0.25, 0.3) is 0 Å². The van der Waals surface area contributed by atoms with Crippen LogP contribution < -0.4 is 17.2 Å². The quantitative estimate of drug-likeness (QED) is 0.185. The molecule has 0 spiro atoms. The molecule has 7 N–H and O–H groups in total. The number of aliphatic imine (C=N–C) groups is 1. The molecule has 3 rings (SSSR count). The van der Waals surface area contributed by atoms with Crippen LogP contribution in [0, 0.1) is 0 Å². The first-order valence-corrected chi connectivity index (χ1v) is 10.2. The molecule has 0 saturated heterocycles. The van der Waals surface area contributed by atoms with Gasteiger partial charge in [0, 0.05) is 6.54 Å². The number of nitrogens with two attached hydrogens (primary N) is 3. The van der Waals surface area contributed by atoms with Gasteiger partial charge < -0.3 is 22.3 Å². The lowest BCUT2D eigenvalue weighted by Gasteiger charge is -2.47. The van der Waals surface area contributed by atoms with Crippen LogP contribution in [0.25, 0.3) is 0 Å². The van der Waals surface area contributed by atoms with E-state index >= 15 is 0 Å². The second-order valence-corrected chi connectivity index (χ2v) is 7.53. The van der Waals surface area contributed by atoms with Gasteiger partial charge in [-0.2, -0.15) is 0 Å². The smallest absolute Gasteiger partial charge is 0.325 e. The number of aliphatic carboxylic acids is 1. The van der Waals surface area contributed by atoms with E-state index < -0.39 is 16.9 Å². The number of carbonyl (C=O) groups is 1. The van der Waals surface area contributed by atoms with Crippen LogP contribution in [0.3, 0.4) is 0 Å². The van der Waals surface area contributed by atoms with Gasteiger partial charge in [0.05, 0.1) is 5.41 Å². The molecule has 0 fully saturated rings. The SMILES string of the molecule is NC(N)=NCCC[C@](N)(C(=O)O)C(c1ccccc1)(c1ccccc1)c1ccccc1. The van der Waals surface area contributed by atoms with E-state index in [2.05, 4.69) is 4.99 Å². The van der Waals surface area contributed by atoms with Gasteiger partial charge in [-0.25, -0.2) is 0 Å². The standard InChI is InChI=1S/C25H28N4O2/c26-23(27)29-18-10-17-24(28,22(30)31)25(19-11-4-1-5-12-19,20-13-6-2-7-14-20)21-15-8-3-9-16-21/h1-9,11-16H,10,17-18,28H2,(H,30,31)(H4,26,27,29)/t24-/m0/s1. The largest absolute Gasteiger partial charge is 0.480 e. The molecule has 0 amide bonds. The van der Waals surface area contributed by atoms with Crippen molar-refractivity contribution in [2.24, 2.45) is 22.2 Å². The number of carboxylic acid groups (broad SMARTS) is 1. The van der Waals surface area contributed by atoms with Crippen molar-refractivity contribution in [3.05, 3.63) is 108 Å². The maximum atomic E-state index is 12.9. The molecular weight excluding hydrogens is 388 g/mol. The van der Waals surface area contributed by atoms with Crippen molar-refractivity contribution in [1.82, 2.24) is 0 Å². The van der Waals surface area contributed by atoms with Gasteiger partial charge in [-0.3, -0.25) is 9.79 Å². The van der Waals surface area contributed by atoms with Crippen LogP contribution in [0.15, 0.2) is 96.0 Å². The molecule has 0 unspecified atom stereocenters. The Balaban J connectivity index is 2.32. The summed E-state index contributed by atoms with van der Waals surface area (Å²) in [4.78, 5) is 16.9. The molecule has 0 aliphatic carbocycles. The molecule has 6 nitrogen and oxygen atoms in total. The lowest BCUT2D eigenvalue weighted by atomic mass is 9.56. The van der Waals surface area contributed by atoms with E-state index in [4.69, 9.17) is 17.2 Å². The highest BCUT2D eigenvalue weighted by Gasteiger charge is 2.56. The second kappa shape index (κ2) is 9.45. The van der Waals surface area contributed by atoms with Crippen molar-refractivity contribution >= 4 is 11.9 Å². The van der Waals surface area contributed by atoms with E-state index in [-0.39, 0.29) is 12.4 Å². The van der Waals surface area contributed by atoms with Crippen molar-refractivity contribution in [3.63, 3.8) is 0 Å². The number of hydrogen-bond acceptors (Lipinski definition) is 3. The van der Waals surface area contributed by atoms with E-state index in [1.807, 2.05) is 91.0 Å². The zero-order valence-electron chi connectivity index (χ0n) is 17.3. The molecule has 0 aliphatic rings. The lowest BCUT2D eigenvalue weighted by molar-refractivity contribution is -0.145. The minimum absolute atomic E-state index is 0.0293. The fraction of sp³-hybridized carbons (Fsp3) is 0.200. The summed E-state index contributed by atoms with van der Waals surface area (Å²) in [7, 11) is 0. The molecule has 0 radical (unpaired) electrons. The highest BCUT2D eigenvalue weighted by molar-refractivity contribution is 5.85. The summed E-state index contributed by atoms with van der Waals surface area (Å²) in [5.74, 6) is -1.12. The van der Waals surface area contributed by atoms with E-state index in [0.717, 1.165) is 16.7 Å². The van der Waals surface area contributed by atoms with Crippen molar-refractivity contribution in [2.75, 3.05) is 6.54 Å². The Hall–Kier alpha value is -3.64. The van der Waals surface area contributed by atoms with Crippen molar-refractivity contribution in [1.29, 1.82) is 0 Å². The molecule has 160 valence electrons. The maximum absolute atomic E-state index is 12.9. The van der Waals surface area contributed by atoms with Crippen LogP contribution in [-0.4, -0.2) is 29.1 Å². The lowest BCUT2D eigenvalue weighted by Crippen LogP contribution is -2.64. The summed E-state index contributed by atoms with van der Waals surface area (Å²) in [5.41, 5.74) is 17.4. The van der Waals surface area contributed by atoms with Crippen LogP contribution in [0.1, 0.15) is 29.5 Å². The van der Waals surface area contributed by atoms with Gasteiger partial charge in [-0.15, -0.1) is 0 Å². The van der Waals surface area contributed by atoms with E-state index in [1.165, 1.54) is 0 Å². The third kappa shape index (κ3) is 4.15. The summed E-state index contributed by atoms with van der Waals surface area (Å²) in [5, 5.41) is 10.6. The Bertz CT molecular complexity index is 922. The van der Waals surface area contributed by atoms with Gasteiger partial charge >= 0.3 is 5.97 Å². The predicted octanol–water partition coefficient (Wildman–Crippen LogP) is 2.86. The fourth-order valence-electron chi connectivity index (χ4n) is 4.36. The average molecular weight is 417 g/mol. The Labute approximate surface area is 182 Å². The number of guanidine groups is 1. The number of hydrogen-bond donors (Lipinski definition) is 4. The number of carboxylic acids is 1. The Kier molecular flexibility index (Phi) is 6.72. The first-order chi connectivity index (χ1) is 14.9. The maximum Gasteiger partial charge on any atom is 0.325 e. The highest BCUT2D eigenvalue weighted by Crippen LogP contribution is 2.48. The van der Waals surface area contributed by atoms with Gasteiger partial charge in [0.1, 0.15) is 5.54 Å². The molecule has 0 aliphatic heterocycles. The van der Waals surface area contributed by atoms with Gasteiger partial charge in [0.2, 0.25) is 0 Å². The molecule has 6 heteroatoms. The highest BCUT2D eigenvalue weighted by atomic mass is 16.4. The molecule has 31 heavy (non-hydrogen) atoms. The monoisotopic (exact) mass is 416 g/mol. The van der Waals surface area contributed by atoms with Crippen LogP contribution in [0.4, 0.5) is 0 Å². The van der Waals surface area contributed by atoms with Crippen molar-refractivity contribution in [2.45, 2.75) is 23.8 Å². The molecule has 0 saturated carbocycles. The zero-order valence-corrected chi connectivity index (χ0v) is 17.3. The van der Waals surface area contributed by atoms with E-state index in [1.54, 1.807) is 0 Å². The van der Waals surface area contributed by atoms with Crippen LogP contribution in [0.2, 0.25) is 0 Å². The van der Waals surface area contributed by atoms with Crippen LogP contribution in [-0.2, 0) is 10.2 Å². The molecule has 3 aromatic carbocycles. The van der Waals surface area contributed by atoms with Gasteiger partial charge in [-0.1, -0.05) is 91.0 Å². The van der Waals surface area contributed by atoms with Crippen LogP contribution >= 0.6 is 0 Å². The summed E-state index contributed by atoms with van der Waals surface area (Å²) in [6, 6.07) is 28.7. The summed E-state index contributed by atoms with van der Waals surface area (Å²) in [6.07, 6.45) is 0.576. The molecule has 1 atom stereocenters. The molecule has 0 heterocycles. The summed E-state index contributed by atoms with van der Waals surface area (Å²) < 4.78 is 0. The first-order valence-electron chi connectivity index (χ1n) is 10.2. The predicted molar refractivity (Wildman–Crippen MR) is 124 cm³/mol. The third-order valence-corrected chi connectivity index (χ3v) is 5.69. The Morgan fingerprint density at radius 1 is 0.774 bits per heavy atom. The minimum atomic E-state index is -1.67. The third-order valence-electron chi connectivity index (χ3n) is 5.69. The number of rotatable bonds is 9. The molecule has 3 aromatic rings. The molecular formula is C25H28N4O2. The van der Waals surface area contributed by atoms with Crippen molar-refractivity contribution < 1.29 is 9.90 Å². The van der Waals surface area contributed by atoms with Crippen molar-refractivity contribution in [3.8, 4) is 0 Å². The zero-order chi connectivity index (χ0) is 22.3. The average Bonchev–Trinajstić information content (AvgIpc) is 2.79.